The molecule has 1 aliphatic heterocycles. The molecule has 0 radical (unpaired) electrons. The number of hydrogen-bond donors (Lipinski definition) is 2. The quantitative estimate of drug-likeness (QED) is 0.706. The number of hydrogen-bond acceptors (Lipinski definition) is 5. The molecule has 1 spiro atoms. The summed E-state index contributed by atoms with van der Waals surface area (Å²) in [7, 11) is 0. The Hall–Kier alpha value is -3.29. The van der Waals surface area contributed by atoms with E-state index < -0.39 is 0 Å². The van der Waals surface area contributed by atoms with Gasteiger partial charge >= 0.3 is 0 Å². The Bertz CT molecular complexity index is 1080. The fourth-order valence-corrected chi connectivity index (χ4v) is 4.62. The first kappa shape index (κ1) is 17.8. The van der Waals surface area contributed by atoms with E-state index >= 15 is 0 Å². The summed E-state index contributed by atoms with van der Waals surface area (Å²) in [5.74, 6) is 0.679. The van der Waals surface area contributed by atoms with Gasteiger partial charge in [-0.3, -0.25) is 19.7 Å². The molecule has 3 aromatic rings. The topological polar surface area (TPSA) is 108 Å². The van der Waals surface area contributed by atoms with Gasteiger partial charge in [0.25, 0.3) is 5.56 Å². The molecular weight excluding hydrogens is 368 g/mol. The van der Waals surface area contributed by atoms with Gasteiger partial charge < -0.3 is 9.88 Å². The van der Waals surface area contributed by atoms with Crippen LogP contribution in [0.15, 0.2) is 41.6 Å². The van der Waals surface area contributed by atoms with Crippen molar-refractivity contribution in [2.45, 2.75) is 37.5 Å². The molecule has 8 heteroatoms. The third-order valence-electron chi connectivity index (χ3n) is 6.28. The van der Waals surface area contributed by atoms with Crippen molar-refractivity contribution in [3.05, 3.63) is 64.1 Å². The highest BCUT2D eigenvalue weighted by atomic mass is 16.2. The van der Waals surface area contributed by atoms with Crippen LogP contribution in [0.4, 0.5) is 0 Å². The van der Waals surface area contributed by atoms with E-state index in [1.807, 2.05) is 23.1 Å². The third-order valence-corrected chi connectivity index (χ3v) is 6.28. The predicted molar refractivity (Wildman–Crippen MR) is 106 cm³/mol. The SMILES string of the molecule is O=C(Cc1ccn[nH]1)N1CCC2(CCc3c2nc(-c2cccnc2)[nH]c3=O)CC1. The van der Waals surface area contributed by atoms with Gasteiger partial charge in [-0.05, 0) is 43.9 Å². The van der Waals surface area contributed by atoms with Crippen LogP contribution in [0.2, 0.25) is 0 Å². The van der Waals surface area contributed by atoms with Gasteiger partial charge in [0.05, 0.1) is 12.1 Å². The molecule has 2 N–H and O–H groups in total. The lowest BCUT2D eigenvalue weighted by Gasteiger charge is -2.39. The highest BCUT2D eigenvalue weighted by Crippen LogP contribution is 2.44. The van der Waals surface area contributed by atoms with Gasteiger partial charge in [-0.25, -0.2) is 4.98 Å². The Morgan fingerprint density at radius 3 is 2.76 bits per heavy atom. The molecule has 8 nitrogen and oxygen atoms in total. The van der Waals surface area contributed by atoms with Crippen LogP contribution in [0, 0.1) is 0 Å². The molecule has 0 atom stereocenters. The smallest absolute Gasteiger partial charge is 0.254 e. The molecule has 5 rings (SSSR count). The van der Waals surface area contributed by atoms with Gasteiger partial charge in [0.2, 0.25) is 5.91 Å². The molecule has 4 heterocycles. The van der Waals surface area contributed by atoms with Gasteiger partial charge in [0.1, 0.15) is 5.82 Å². The second-order valence-corrected chi connectivity index (χ2v) is 7.90. The number of nitrogens with one attached hydrogen (secondary N) is 2. The second-order valence-electron chi connectivity index (χ2n) is 7.90. The highest BCUT2D eigenvalue weighted by Gasteiger charge is 2.44. The molecule has 2 aliphatic rings. The summed E-state index contributed by atoms with van der Waals surface area (Å²) in [4.78, 5) is 39.1. The normalized spacial score (nSPS) is 17.4. The summed E-state index contributed by atoms with van der Waals surface area (Å²) in [5.41, 5.74) is 3.18. The highest BCUT2D eigenvalue weighted by molar-refractivity contribution is 5.78. The summed E-state index contributed by atoms with van der Waals surface area (Å²) in [6, 6.07) is 5.56. The van der Waals surface area contributed by atoms with Crippen molar-refractivity contribution in [2.75, 3.05) is 13.1 Å². The minimum absolute atomic E-state index is 0.0523. The van der Waals surface area contributed by atoms with Crippen LogP contribution in [0.5, 0.6) is 0 Å². The Balaban J connectivity index is 1.38. The average Bonchev–Trinajstić information content (AvgIpc) is 3.38. The van der Waals surface area contributed by atoms with Crippen LogP contribution in [0.25, 0.3) is 11.4 Å². The Labute approximate surface area is 167 Å². The zero-order chi connectivity index (χ0) is 19.8. The average molecular weight is 390 g/mol. The van der Waals surface area contributed by atoms with Crippen molar-refractivity contribution in [1.29, 1.82) is 0 Å². The molecule has 148 valence electrons. The standard InChI is InChI=1S/C21H22N6O2/c28-17(12-15-4-9-23-26-15)27-10-6-21(7-11-27)5-3-16-18(21)24-19(25-20(16)29)14-2-1-8-22-13-14/h1-2,4,8-9,13H,3,5-7,10-12H2,(H,23,26)(H,24,25,29). The number of carbonyl (C=O) groups is 1. The van der Waals surface area contributed by atoms with E-state index in [1.54, 1.807) is 18.6 Å². The first-order valence-corrected chi connectivity index (χ1v) is 9.95. The van der Waals surface area contributed by atoms with Gasteiger partial charge in [-0.15, -0.1) is 0 Å². The minimum atomic E-state index is -0.120. The molecule has 29 heavy (non-hydrogen) atoms. The number of fused-ring (bicyclic) bond motifs is 2. The summed E-state index contributed by atoms with van der Waals surface area (Å²) >= 11 is 0. The number of likely N-dealkylation sites (tertiary alicyclic amines) is 1. The first-order valence-electron chi connectivity index (χ1n) is 9.95. The maximum absolute atomic E-state index is 12.7. The summed E-state index contributed by atoms with van der Waals surface area (Å²) in [5, 5.41) is 6.75. The number of H-pyrrole nitrogens is 2. The van der Waals surface area contributed by atoms with E-state index in [1.165, 1.54) is 0 Å². The Morgan fingerprint density at radius 1 is 1.17 bits per heavy atom. The van der Waals surface area contributed by atoms with Crippen molar-refractivity contribution in [1.82, 2.24) is 30.0 Å². The third kappa shape index (κ3) is 3.14. The van der Waals surface area contributed by atoms with Crippen molar-refractivity contribution in [2.24, 2.45) is 0 Å². The summed E-state index contributed by atoms with van der Waals surface area (Å²) in [6.07, 6.45) is 8.73. The zero-order valence-corrected chi connectivity index (χ0v) is 16.0. The van der Waals surface area contributed by atoms with Gasteiger partial charge in [-0.1, -0.05) is 0 Å². The van der Waals surface area contributed by atoms with Crippen LogP contribution in [0.1, 0.15) is 36.2 Å². The van der Waals surface area contributed by atoms with Crippen LogP contribution in [-0.4, -0.2) is 49.0 Å². The molecule has 1 saturated heterocycles. The van der Waals surface area contributed by atoms with Crippen molar-refractivity contribution >= 4 is 5.91 Å². The predicted octanol–water partition coefficient (Wildman–Crippen LogP) is 1.60. The maximum atomic E-state index is 12.7. The number of aromatic amines is 2. The number of pyridine rings is 1. The van der Waals surface area contributed by atoms with E-state index in [0.29, 0.717) is 25.3 Å². The monoisotopic (exact) mass is 390 g/mol. The Kier molecular flexibility index (Phi) is 4.26. The molecule has 1 amide bonds. The van der Waals surface area contributed by atoms with Gasteiger partial charge in [-0.2, -0.15) is 5.10 Å². The molecule has 1 aliphatic carbocycles. The van der Waals surface area contributed by atoms with Crippen molar-refractivity contribution < 1.29 is 4.79 Å². The van der Waals surface area contributed by atoms with E-state index in [2.05, 4.69) is 20.2 Å². The van der Waals surface area contributed by atoms with E-state index in [4.69, 9.17) is 4.98 Å². The number of carbonyl (C=O) groups excluding carboxylic acids is 1. The summed E-state index contributed by atoms with van der Waals surface area (Å²) in [6.45, 7) is 1.37. The van der Waals surface area contributed by atoms with E-state index in [-0.39, 0.29) is 16.9 Å². The lowest BCUT2D eigenvalue weighted by molar-refractivity contribution is -0.132. The lowest BCUT2D eigenvalue weighted by atomic mass is 9.76. The fraction of sp³-hybridized carbons (Fsp3) is 0.381. The molecule has 0 bridgehead atoms. The second kappa shape index (κ2) is 6.95. The van der Waals surface area contributed by atoms with Crippen LogP contribution >= 0.6 is 0 Å². The molecular formula is C21H22N6O2. The van der Waals surface area contributed by atoms with Gasteiger partial charge in [0.15, 0.2) is 0 Å². The molecule has 0 aromatic carbocycles. The molecule has 0 unspecified atom stereocenters. The summed E-state index contributed by atoms with van der Waals surface area (Å²) < 4.78 is 0. The number of amides is 1. The first-order chi connectivity index (χ1) is 14.1. The van der Waals surface area contributed by atoms with Crippen LogP contribution in [0.3, 0.4) is 0 Å². The van der Waals surface area contributed by atoms with Crippen molar-refractivity contribution in [3.8, 4) is 11.4 Å². The minimum Gasteiger partial charge on any atom is -0.342 e. The van der Waals surface area contributed by atoms with Crippen molar-refractivity contribution in [3.63, 3.8) is 0 Å². The Morgan fingerprint density at radius 2 is 2.03 bits per heavy atom. The maximum Gasteiger partial charge on any atom is 0.254 e. The number of rotatable bonds is 3. The van der Waals surface area contributed by atoms with E-state index in [9.17, 15) is 9.59 Å². The number of nitrogens with zero attached hydrogens (tertiary/aromatic N) is 4. The van der Waals surface area contributed by atoms with Crippen LogP contribution in [-0.2, 0) is 23.1 Å². The fourth-order valence-electron chi connectivity index (χ4n) is 4.62. The number of piperidine rings is 1. The molecule has 3 aromatic heterocycles. The van der Waals surface area contributed by atoms with Crippen LogP contribution < -0.4 is 5.56 Å². The lowest BCUT2D eigenvalue weighted by Crippen LogP contribution is -2.45. The molecule has 0 saturated carbocycles. The van der Waals surface area contributed by atoms with E-state index in [0.717, 1.165) is 48.2 Å². The largest absolute Gasteiger partial charge is 0.342 e. The molecule has 1 fully saturated rings. The number of aromatic nitrogens is 5. The van der Waals surface area contributed by atoms with Gasteiger partial charge in [0, 0.05) is 53.9 Å². The zero-order valence-electron chi connectivity index (χ0n) is 16.0.